The summed E-state index contributed by atoms with van der Waals surface area (Å²) < 4.78 is 0. The molecule has 0 bridgehead atoms. The molecule has 2 aliphatic carbocycles. The lowest BCUT2D eigenvalue weighted by Gasteiger charge is -2.48. The van der Waals surface area contributed by atoms with Gasteiger partial charge in [0.1, 0.15) is 0 Å². The summed E-state index contributed by atoms with van der Waals surface area (Å²) in [6, 6.07) is 72.9. The molecule has 322 valence electrons. The zero-order valence-electron chi connectivity index (χ0n) is 39.0. The van der Waals surface area contributed by atoms with E-state index in [1.165, 1.54) is 111 Å². The van der Waals surface area contributed by atoms with Crippen molar-refractivity contribution >= 4 is 46.6 Å². The average molecular weight is 861 g/mol. The fourth-order valence-corrected chi connectivity index (χ4v) is 12.5. The molecule has 9 aromatic rings. The third-order valence-electron chi connectivity index (χ3n) is 16.1. The molecular weight excluding hydrogens is 808 g/mol. The maximum absolute atomic E-state index is 4.08. The van der Waals surface area contributed by atoms with Gasteiger partial charge in [-0.1, -0.05) is 197 Å². The van der Waals surface area contributed by atoms with E-state index in [-0.39, 0.29) is 16.2 Å². The van der Waals surface area contributed by atoms with Gasteiger partial charge < -0.3 is 10.2 Å². The minimum atomic E-state index is -0.381. The van der Waals surface area contributed by atoms with Gasteiger partial charge in [-0.25, -0.2) is 0 Å². The normalized spacial score (nSPS) is 17.3. The fourth-order valence-electron chi connectivity index (χ4n) is 12.5. The molecule has 3 heteroatoms. The Labute approximate surface area is 396 Å². The number of hydrogen-bond acceptors (Lipinski definition) is 2. The Kier molecular flexibility index (Phi) is 8.69. The van der Waals surface area contributed by atoms with Crippen molar-refractivity contribution < 1.29 is 0 Å². The molecule has 0 amide bonds. The lowest BCUT2D eigenvalue weighted by atomic mass is 9.54. The Morgan fingerprint density at radius 1 is 0.403 bits per heavy atom. The van der Waals surface area contributed by atoms with Gasteiger partial charge in [0.15, 0.2) is 7.28 Å². The van der Waals surface area contributed by atoms with Crippen LogP contribution in [0.5, 0.6) is 0 Å². The first-order valence-corrected chi connectivity index (χ1v) is 24.2. The van der Waals surface area contributed by atoms with Crippen molar-refractivity contribution in [1.82, 2.24) is 0 Å². The van der Waals surface area contributed by atoms with Gasteiger partial charge in [0, 0.05) is 44.9 Å². The van der Waals surface area contributed by atoms with Crippen molar-refractivity contribution in [3.8, 4) is 55.6 Å². The van der Waals surface area contributed by atoms with Crippen LogP contribution in [0.3, 0.4) is 0 Å². The predicted molar refractivity (Wildman–Crippen MR) is 285 cm³/mol. The average Bonchev–Trinajstić information content (AvgIpc) is 3.63. The lowest BCUT2D eigenvalue weighted by molar-refractivity contribution is 0.332. The van der Waals surface area contributed by atoms with Gasteiger partial charge in [0.05, 0.1) is 5.69 Å². The molecule has 0 saturated heterocycles. The third-order valence-corrected chi connectivity index (χ3v) is 16.1. The Bertz CT molecular complexity index is 3460. The molecule has 0 fully saturated rings. The van der Waals surface area contributed by atoms with Gasteiger partial charge in [-0.2, -0.15) is 0 Å². The van der Waals surface area contributed by atoms with Gasteiger partial charge in [0.25, 0.3) is 0 Å². The highest BCUT2D eigenvalue weighted by Gasteiger charge is 2.52. The number of nitrogens with one attached hydrogen (secondary N) is 1. The van der Waals surface area contributed by atoms with E-state index in [9.17, 15) is 0 Å². The monoisotopic (exact) mass is 860 g/mol. The molecule has 4 aliphatic rings. The lowest BCUT2D eigenvalue weighted by Crippen LogP contribution is -2.46. The van der Waals surface area contributed by atoms with Gasteiger partial charge in [-0.3, -0.25) is 0 Å². The number of rotatable bonds is 6. The fraction of sp³-hybridized carbons (Fsp3) is 0.156. The van der Waals surface area contributed by atoms with E-state index in [1.807, 2.05) is 0 Å². The van der Waals surface area contributed by atoms with Gasteiger partial charge >= 0.3 is 0 Å². The van der Waals surface area contributed by atoms with Crippen molar-refractivity contribution in [3.05, 3.63) is 222 Å². The Morgan fingerprint density at radius 3 is 1.61 bits per heavy atom. The molecule has 2 aliphatic heterocycles. The van der Waals surface area contributed by atoms with Crippen LogP contribution in [0.2, 0.25) is 0 Å². The molecular formula is C64H53BN2. The molecule has 9 aromatic carbocycles. The van der Waals surface area contributed by atoms with Crippen LogP contribution in [0.15, 0.2) is 194 Å². The van der Waals surface area contributed by atoms with Gasteiger partial charge in [-0.15, -0.1) is 0 Å². The minimum Gasteiger partial charge on any atom is -0.355 e. The molecule has 0 saturated carbocycles. The zero-order valence-corrected chi connectivity index (χ0v) is 39.0. The molecule has 1 N–H and O–H groups in total. The molecule has 1 unspecified atom stereocenters. The first-order chi connectivity index (χ1) is 32.6. The maximum atomic E-state index is 4.08. The molecule has 13 rings (SSSR count). The number of hydrogen-bond donors (Lipinski definition) is 1. The van der Waals surface area contributed by atoms with Crippen molar-refractivity contribution in [1.29, 1.82) is 0 Å². The van der Waals surface area contributed by atoms with E-state index >= 15 is 0 Å². The third kappa shape index (κ3) is 5.90. The standard InChI is InChI=1S/C64H53BN2/c1-62(2)35-36-63(3,4)54-39-56(66-44-33-31-41(32-34-44)40-19-9-6-10-20-40)48(38-53(54)62)50-37-49-47-25-15-16-28-51(47)64(5)52-29-17-26-45(42-21-11-7-12-22-42)59(52)67-60-46(43-23-13-8-14-24-43)27-18-30-55(60)65-58(50)61(67)57(49)64/h6-34,37-39,65-66H,35-36H2,1-5H3. The van der Waals surface area contributed by atoms with E-state index in [0.29, 0.717) is 0 Å². The van der Waals surface area contributed by atoms with Crippen LogP contribution in [0.1, 0.15) is 75.3 Å². The number of anilines is 5. The Hall–Kier alpha value is -7.36. The quantitative estimate of drug-likeness (QED) is 0.168. The zero-order chi connectivity index (χ0) is 45.2. The number of benzene rings is 9. The summed E-state index contributed by atoms with van der Waals surface area (Å²) in [6.07, 6.45) is 2.30. The smallest absolute Gasteiger partial charge is 0.198 e. The summed E-state index contributed by atoms with van der Waals surface area (Å²) in [6.45, 7) is 12.3. The van der Waals surface area contributed by atoms with E-state index in [4.69, 9.17) is 0 Å². The highest BCUT2D eigenvalue weighted by molar-refractivity contribution is 6.74. The van der Waals surface area contributed by atoms with Crippen LogP contribution in [0.25, 0.3) is 55.6 Å². The van der Waals surface area contributed by atoms with Crippen LogP contribution >= 0.6 is 0 Å². The molecule has 2 nitrogen and oxygen atoms in total. The minimum absolute atomic E-state index is 0.0234. The summed E-state index contributed by atoms with van der Waals surface area (Å²) in [4.78, 5) is 2.73. The molecule has 0 radical (unpaired) electrons. The second-order valence-corrected chi connectivity index (χ2v) is 20.9. The molecule has 67 heavy (non-hydrogen) atoms. The van der Waals surface area contributed by atoms with Crippen molar-refractivity contribution in [2.24, 2.45) is 0 Å². The van der Waals surface area contributed by atoms with Gasteiger partial charge in [0.2, 0.25) is 0 Å². The first kappa shape index (κ1) is 40.0. The number of fused-ring (bicyclic) bond motifs is 9. The largest absolute Gasteiger partial charge is 0.355 e. The molecule has 1 atom stereocenters. The first-order valence-electron chi connectivity index (χ1n) is 24.2. The molecule has 0 aromatic heterocycles. The summed E-state index contributed by atoms with van der Waals surface area (Å²) in [5.41, 5.74) is 28.3. The van der Waals surface area contributed by atoms with Crippen molar-refractivity contribution in [3.63, 3.8) is 0 Å². The topological polar surface area (TPSA) is 15.3 Å². The second kappa shape index (κ2) is 14.6. The molecule has 0 spiro atoms. The van der Waals surface area contributed by atoms with Crippen LogP contribution in [-0.2, 0) is 16.2 Å². The van der Waals surface area contributed by atoms with E-state index in [2.05, 4.69) is 239 Å². The Morgan fingerprint density at radius 2 is 0.940 bits per heavy atom. The van der Waals surface area contributed by atoms with E-state index < -0.39 is 0 Å². The summed E-state index contributed by atoms with van der Waals surface area (Å²) >= 11 is 0. The summed E-state index contributed by atoms with van der Waals surface area (Å²) in [5.74, 6) is 0. The van der Waals surface area contributed by atoms with Crippen LogP contribution in [0.4, 0.5) is 28.4 Å². The summed E-state index contributed by atoms with van der Waals surface area (Å²) in [7, 11) is 0.816. The van der Waals surface area contributed by atoms with E-state index in [1.54, 1.807) is 0 Å². The van der Waals surface area contributed by atoms with E-state index in [0.717, 1.165) is 31.5 Å². The SMILES string of the molecule is CC1(C)CCC(C)(C)c2cc(-c3cc4c5c6c3Bc3cccc(-c7ccccc7)c3N6c3c(-c6ccccc6)cccc3C5(C)c3ccccc3-4)c(Nc3ccc(-c4ccccc4)cc3)cc21. The predicted octanol–water partition coefficient (Wildman–Crippen LogP) is 15.3. The van der Waals surface area contributed by atoms with Gasteiger partial charge in [-0.05, 0) is 133 Å². The highest BCUT2D eigenvalue weighted by Crippen LogP contribution is 2.65. The van der Waals surface area contributed by atoms with Crippen LogP contribution in [0, 0.1) is 0 Å². The second-order valence-electron chi connectivity index (χ2n) is 20.9. The van der Waals surface area contributed by atoms with Crippen molar-refractivity contribution in [2.75, 3.05) is 10.2 Å². The Balaban J connectivity index is 1.13. The number of nitrogens with zero attached hydrogens (tertiary/aromatic N) is 1. The van der Waals surface area contributed by atoms with Crippen molar-refractivity contribution in [2.45, 2.75) is 63.7 Å². The van der Waals surface area contributed by atoms with Crippen LogP contribution < -0.4 is 21.1 Å². The molecule has 2 heterocycles. The van der Waals surface area contributed by atoms with Crippen LogP contribution in [-0.4, -0.2) is 7.28 Å². The maximum Gasteiger partial charge on any atom is 0.198 e. The highest BCUT2D eigenvalue weighted by atomic mass is 15.2. The summed E-state index contributed by atoms with van der Waals surface area (Å²) in [5, 5.41) is 4.08. The number of para-hydroxylation sites is 2.